The standard InChI is InChI=1S/C29H25N5O4S/c35-29(31-36)27(19-21-7-3-1-4-8-21)32-39(37,38)26-17-13-24(14-18-26)28-20-34(33-30-28)25-15-11-23(12-16-25)22-9-5-2-6-10-22/h1-18,20,27,32,36H,19H2,(H,31,35). The molecule has 0 radical (unpaired) electrons. The highest BCUT2D eigenvalue weighted by Crippen LogP contribution is 2.23. The molecular formula is C29H25N5O4S. The molecule has 196 valence electrons. The zero-order valence-electron chi connectivity index (χ0n) is 20.7. The van der Waals surface area contributed by atoms with E-state index < -0.39 is 22.0 Å². The fourth-order valence-electron chi connectivity index (χ4n) is 4.14. The largest absolute Gasteiger partial charge is 0.289 e. The summed E-state index contributed by atoms with van der Waals surface area (Å²) in [6.45, 7) is 0. The predicted octanol–water partition coefficient (Wildman–Crippen LogP) is 4.00. The number of hydroxylamine groups is 1. The highest BCUT2D eigenvalue weighted by Gasteiger charge is 2.26. The van der Waals surface area contributed by atoms with E-state index in [1.807, 2.05) is 60.7 Å². The third-order valence-corrected chi connectivity index (χ3v) is 7.69. The van der Waals surface area contributed by atoms with Crippen LogP contribution in [0.2, 0.25) is 0 Å². The van der Waals surface area contributed by atoms with Crippen molar-refractivity contribution in [1.82, 2.24) is 25.2 Å². The zero-order chi connectivity index (χ0) is 27.2. The lowest BCUT2D eigenvalue weighted by atomic mass is 10.1. The number of benzene rings is 4. The number of carbonyl (C=O) groups excluding carboxylic acids is 1. The average Bonchev–Trinajstić information content (AvgIpc) is 3.48. The number of nitrogens with zero attached hydrogens (tertiary/aromatic N) is 3. The third kappa shape index (κ3) is 6.10. The third-order valence-electron chi connectivity index (χ3n) is 6.20. The molecule has 0 saturated heterocycles. The van der Waals surface area contributed by atoms with Gasteiger partial charge in [0.1, 0.15) is 11.7 Å². The molecule has 1 unspecified atom stereocenters. The van der Waals surface area contributed by atoms with Crippen LogP contribution >= 0.6 is 0 Å². The molecule has 4 aromatic carbocycles. The summed E-state index contributed by atoms with van der Waals surface area (Å²) in [6, 6.07) is 31.8. The smallest absolute Gasteiger partial charge is 0.261 e. The lowest BCUT2D eigenvalue weighted by Crippen LogP contribution is -2.47. The van der Waals surface area contributed by atoms with Crippen LogP contribution in [-0.2, 0) is 21.2 Å². The van der Waals surface area contributed by atoms with Crippen molar-refractivity contribution < 1.29 is 18.4 Å². The predicted molar refractivity (Wildman–Crippen MR) is 146 cm³/mol. The van der Waals surface area contributed by atoms with Gasteiger partial charge in [-0.15, -0.1) is 5.10 Å². The quantitative estimate of drug-likeness (QED) is 0.192. The van der Waals surface area contributed by atoms with E-state index in [0.29, 0.717) is 11.3 Å². The van der Waals surface area contributed by atoms with Crippen LogP contribution in [0.4, 0.5) is 0 Å². The van der Waals surface area contributed by atoms with Gasteiger partial charge in [-0.05, 0) is 47.4 Å². The zero-order valence-corrected chi connectivity index (χ0v) is 21.5. The molecule has 1 atom stereocenters. The van der Waals surface area contributed by atoms with Crippen LogP contribution in [-0.4, -0.2) is 40.6 Å². The van der Waals surface area contributed by atoms with E-state index in [-0.39, 0.29) is 11.3 Å². The van der Waals surface area contributed by atoms with Crippen molar-refractivity contribution in [2.75, 3.05) is 0 Å². The van der Waals surface area contributed by atoms with Gasteiger partial charge in [0, 0.05) is 5.56 Å². The van der Waals surface area contributed by atoms with Crippen LogP contribution < -0.4 is 10.2 Å². The summed E-state index contributed by atoms with van der Waals surface area (Å²) in [5.41, 5.74) is 6.57. The SMILES string of the molecule is O=C(NO)C(Cc1ccccc1)NS(=O)(=O)c1ccc(-c2cn(-c3ccc(-c4ccccc4)cc3)nn2)cc1. The summed E-state index contributed by atoms with van der Waals surface area (Å²) in [5.74, 6) is -0.854. The Morgan fingerprint density at radius 2 is 1.38 bits per heavy atom. The van der Waals surface area contributed by atoms with Crippen molar-refractivity contribution in [3.8, 4) is 28.1 Å². The summed E-state index contributed by atoms with van der Waals surface area (Å²) >= 11 is 0. The first kappa shape index (κ1) is 26.0. The van der Waals surface area contributed by atoms with Gasteiger partial charge in [-0.3, -0.25) is 10.0 Å². The fourth-order valence-corrected chi connectivity index (χ4v) is 5.33. The van der Waals surface area contributed by atoms with E-state index in [9.17, 15) is 13.2 Å². The Bertz CT molecular complexity index is 1650. The number of nitrogens with one attached hydrogen (secondary N) is 2. The van der Waals surface area contributed by atoms with Gasteiger partial charge < -0.3 is 0 Å². The first-order valence-electron chi connectivity index (χ1n) is 12.1. The Morgan fingerprint density at radius 3 is 2.03 bits per heavy atom. The Morgan fingerprint density at radius 1 is 0.795 bits per heavy atom. The maximum atomic E-state index is 13.0. The lowest BCUT2D eigenvalue weighted by molar-refractivity contribution is -0.130. The van der Waals surface area contributed by atoms with Gasteiger partial charge in [0.05, 0.1) is 16.8 Å². The van der Waals surface area contributed by atoms with E-state index in [0.717, 1.165) is 22.4 Å². The maximum absolute atomic E-state index is 13.0. The number of hydrogen-bond acceptors (Lipinski definition) is 6. The number of carbonyl (C=O) groups is 1. The van der Waals surface area contributed by atoms with Crippen LogP contribution in [0.25, 0.3) is 28.1 Å². The summed E-state index contributed by atoms with van der Waals surface area (Å²) in [7, 11) is -4.06. The van der Waals surface area contributed by atoms with Crippen LogP contribution in [0, 0.1) is 0 Å². The summed E-state index contributed by atoms with van der Waals surface area (Å²) < 4.78 is 30.1. The normalized spacial score (nSPS) is 12.1. The molecule has 10 heteroatoms. The topological polar surface area (TPSA) is 126 Å². The van der Waals surface area contributed by atoms with Crippen LogP contribution in [0.5, 0.6) is 0 Å². The minimum atomic E-state index is -4.06. The van der Waals surface area contributed by atoms with Gasteiger partial charge in [0.15, 0.2) is 0 Å². The second-order valence-electron chi connectivity index (χ2n) is 8.83. The van der Waals surface area contributed by atoms with Gasteiger partial charge in [-0.25, -0.2) is 18.6 Å². The molecule has 39 heavy (non-hydrogen) atoms. The average molecular weight is 540 g/mol. The molecule has 0 bridgehead atoms. The van der Waals surface area contributed by atoms with Crippen molar-refractivity contribution in [3.05, 3.63) is 121 Å². The molecule has 1 heterocycles. The van der Waals surface area contributed by atoms with Gasteiger partial charge in [0.2, 0.25) is 10.0 Å². The number of sulfonamides is 1. The molecule has 0 aliphatic heterocycles. The fraction of sp³-hybridized carbons (Fsp3) is 0.0690. The van der Waals surface area contributed by atoms with Gasteiger partial charge >= 0.3 is 0 Å². The molecule has 5 aromatic rings. The Hall–Kier alpha value is -4.64. The monoisotopic (exact) mass is 539 g/mol. The first-order chi connectivity index (χ1) is 18.9. The molecule has 0 fully saturated rings. The molecule has 1 amide bonds. The number of amides is 1. The van der Waals surface area contributed by atoms with E-state index in [1.165, 1.54) is 17.6 Å². The Labute approximate surface area is 225 Å². The van der Waals surface area contributed by atoms with E-state index in [2.05, 4.69) is 15.0 Å². The van der Waals surface area contributed by atoms with E-state index >= 15 is 0 Å². The van der Waals surface area contributed by atoms with Crippen molar-refractivity contribution in [3.63, 3.8) is 0 Å². The summed E-state index contributed by atoms with van der Waals surface area (Å²) in [6.07, 6.45) is 1.83. The Kier molecular flexibility index (Phi) is 7.60. The number of aromatic nitrogens is 3. The minimum Gasteiger partial charge on any atom is -0.289 e. The molecular weight excluding hydrogens is 514 g/mol. The molecule has 0 aliphatic rings. The maximum Gasteiger partial charge on any atom is 0.261 e. The minimum absolute atomic E-state index is 0.0288. The molecule has 9 nitrogen and oxygen atoms in total. The molecule has 0 spiro atoms. The summed E-state index contributed by atoms with van der Waals surface area (Å²) in [5, 5.41) is 17.6. The second-order valence-corrected chi connectivity index (χ2v) is 10.5. The highest BCUT2D eigenvalue weighted by atomic mass is 32.2. The van der Waals surface area contributed by atoms with Gasteiger partial charge in [0.25, 0.3) is 5.91 Å². The molecule has 0 aliphatic carbocycles. The first-order valence-corrected chi connectivity index (χ1v) is 13.6. The van der Waals surface area contributed by atoms with Crippen LogP contribution in [0.15, 0.2) is 120 Å². The Balaban J connectivity index is 1.30. The van der Waals surface area contributed by atoms with E-state index in [4.69, 9.17) is 5.21 Å². The lowest BCUT2D eigenvalue weighted by Gasteiger charge is -2.17. The van der Waals surface area contributed by atoms with Crippen molar-refractivity contribution >= 4 is 15.9 Å². The molecule has 5 rings (SSSR count). The molecule has 1 aromatic heterocycles. The highest BCUT2D eigenvalue weighted by molar-refractivity contribution is 7.89. The van der Waals surface area contributed by atoms with E-state index in [1.54, 1.807) is 47.3 Å². The van der Waals surface area contributed by atoms with Crippen molar-refractivity contribution in [1.29, 1.82) is 0 Å². The molecule has 0 saturated carbocycles. The number of hydrogen-bond donors (Lipinski definition) is 3. The van der Waals surface area contributed by atoms with Crippen molar-refractivity contribution in [2.45, 2.75) is 17.4 Å². The van der Waals surface area contributed by atoms with Gasteiger partial charge in [-0.2, -0.15) is 4.72 Å². The van der Waals surface area contributed by atoms with Crippen LogP contribution in [0.1, 0.15) is 5.56 Å². The second kappa shape index (κ2) is 11.4. The number of rotatable bonds is 9. The van der Waals surface area contributed by atoms with Gasteiger partial charge in [-0.1, -0.05) is 90.1 Å². The van der Waals surface area contributed by atoms with Crippen molar-refractivity contribution in [2.24, 2.45) is 0 Å². The van der Waals surface area contributed by atoms with Crippen LogP contribution in [0.3, 0.4) is 0 Å². The molecule has 3 N–H and O–H groups in total. The summed E-state index contributed by atoms with van der Waals surface area (Å²) in [4.78, 5) is 12.1.